The summed E-state index contributed by atoms with van der Waals surface area (Å²) >= 11 is 0. The van der Waals surface area contributed by atoms with Crippen molar-refractivity contribution in [1.82, 2.24) is 4.57 Å². The van der Waals surface area contributed by atoms with Crippen LogP contribution >= 0.6 is 0 Å². The highest BCUT2D eigenvalue weighted by atomic mass is 15.2. The second-order valence-electron chi connectivity index (χ2n) is 18.0. The van der Waals surface area contributed by atoms with Gasteiger partial charge in [-0.3, -0.25) is 0 Å². The Kier molecular flexibility index (Phi) is 8.50. The number of nitrogens with zero attached hydrogens (tertiary/aromatic N) is 3. The molecule has 2 aliphatic carbocycles. The summed E-state index contributed by atoms with van der Waals surface area (Å²) in [6.45, 7) is 0. The highest BCUT2D eigenvalue weighted by Crippen LogP contribution is 2.67. The fourth-order valence-corrected chi connectivity index (χ4v) is 11.9. The molecule has 11 aromatic carbocycles. The topological polar surface area (TPSA) is 11.4 Å². The summed E-state index contributed by atoms with van der Waals surface area (Å²) in [4.78, 5) is 4.91. The Morgan fingerprint density at radius 2 is 0.809 bits per heavy atom. The molecule has 2 aliphatic rings. The predicted molar refractivity (Wildman–Crippen MR) is 284 cm³/mol. The van der Waals surface area contributed by atoms with Crippen molar-refractivity contribution in [3.8, 4) is 27.9 Å². The zero-order valence-electron chi connectivity index (χ0n) is 37.2. The molecule has 0 aliphatic heterocycles. The first-order valence-electron chi connectivity index (χ1n) is 23.5. The van der Waals surface area contributed by atoms with E-state index in [1.165, 1.54) is 82.8 Å². The number of benzene rings is 11. The number of para-hydroxylation sites is 5. The molecule has 14 rings (SSSR count). The summed E-state index contributed by atoms with van der Waals surface area (Å²) in [5.74, 6) is 0. The maximum Gasteiger partial charge on any atom is 0.0746 e. The van der Waals surface area contributed by atoms with Gasteiger partial charge in [-0.05, 0) is 135 Å². The van der Waals surface area contributed by atoms with Crippen molar-refractivity contribution in [3.05, 3.63) is 283 Å². The van der Waals surface area contributed by atoms with Crippen LogP contribution in [0, 0.1) is 0 Å². The van der Waals surface area contributed by atoms with Crippen molar-refractivity contribution in [2.24, 2.45) is 0 Å². The van der Waals surface area contributed by atoms with Crippen LogP contribution in [0.15, 0.2) is 261 Å². The lowest BCUT2D eigenvalue weighted by Gasteiger charge is -2.36. The predicted octanol–water partition coefficient (Wildman–Crippen LogP) is 17.2. The zero-order chi connectivity index (χ0) is 44.8. The maximum absolute atomic E-state index is 2.48. The van der Waals surface area contributed by atoms with Crippen LogP contribution in [0.1, 0.15) is 22.3 Å². The molecule has 0 radical (unpaired) electrons. The van der Waals surface area contributed by atoms with Crippen molar-refractivity contribution in [2.45, 2.75) is 5.41 Å². The molecule has 318 valence electrons. The summed E-state index contributed by atoms with van der Waals surface area (Å²) in [7, 11) is 0. The van der Waals surface area contributed by atoms with E-state index in [4.69, 9.17) is 0 Å². The first-order chi connectivity index (χ1) is 33.8. The molecular formula is C65H43N3. The fourth-order valence-electron chi connectivity index (χ4n) is 11.9. The van der Waals surface area contributed by atoms with Crippen LogP contribution in [-0.2, 0) is 5.41 Å². The van der Waals surface area contributed by atoms with Gasteiger partial charge in [0.05, 0.1) is 22.1 Å². The third-order valence-electron chi connectivity index (χ3n) is 14.5. The van der Waals surface area contributed by atoms with Crippen LogP contribution < -0.4 is 9.80 Å². The molecule has 12 aromatic rings. The minimum absolute atomic E-state index is 0.620. The second-order valence-corrected chi connectivity index (χ2v) is 18.0. The first kappa shape index (κ1) is 38.4. The summed E-state index contributed by atoms with van der Waals surface area (Å²) < 4.78 is 2.41. The molecule has 0 amide bonds. The quantitative estimate of drug-likeness (QED) is 0.158. The minimum atomic E-state index is -0.620. The van der Waals surface area contributed by atoms with Gasteiger partial charge in [0.25, 0.3) is 0 Å². The Bertz CT molecular complexity index is 3870. The lowest BCUT2D eigenvalue weighted by Crippen LogP contribution is -2.28. The van der Waals surface area contributed by atoms with Crippen molar-refractivity contribution in [3.63, 3.8) is 0 Å². The molecule has 1 unspecified atom stereocenters. The molecule has 68 heavy (non-hydrogen) atoms. The first-order valence-corrected chi connectivity index (χ1v) is 23.5. The standard InChI is InChI=1S/C65H43N3/c1-5-22-45(23-6-1)66(50-37-39-54-53-32-17-20-36-60(53)68(61(54)43-50)48-28-11-4-12-29-48)49-38-40-59-56(42-49)52-31-15-18-34-57(52)65(59)58-35-19-16-33-55(58)63-51-30-14-13-21-44(51)41-62(64(63)65)67(46-24-7-2-8-25-46)47-26-9-3-10-27-47/h1-43H. The van der Waals surface area contributed by atoms with Gasteiger partial charge in [0.15, 0.2) is 0 Å². The lowest BCUT2D eigenvalue weighted by atomic mass is 9.69. The van der Waals surface area contributed by atoms with E-state index >= 15 is 0 Å². The van der Waals surface area contributed by atoms with Crippen molar-refractivity contribution < 1.29 is 0 Å². The van der Waals surface area contributed by atoms with Gasteiger partial charge in [0.2, 0.25) is 0 Å². The smallest absolute Gasteiger partial charge is 0.0746 e. The average molecular weight is 866 g/mol. The molecule has 0 saturated heterocycles. The molecule has 3 nitrogen and oxygen atoms in total. The summed E-state index contributed by atoms with van der Waals surface area (Å²) in [6, 6.07) is 96.1. The van der Waals surface area contributed by atoms with E-state index in [2.05, 4.69) is 275 Å². The van der Waals surface area contributed by atoms with E-state index in [-0.39, 0.29) is 0 Å². The van der Waals surface area contributed by atoms with Gasteiger partial charge < -0.3 is 14.4 Å². The summed E-state index contributed by atoms with van der Waals surface area (Å²) in [5, 5.41) is 4.95. The summed E-state index contributed by atoms with van der Waals surface area (Å²) in [6.07, 6.45) is 0. The molecule has 3 heteroatoms. The highest BCUT2D eigenvalue weighted by molar-refractivity contribution is 6.12. The third-order valence-corrected chi connectivity index (χ3v) is 14.5. The molecule has 1 spiro atoms. The van der Waals surface area contributed by atoms with E-state index in [0.717, 1.165) is 34.1 Å². The van der Waals surface area contributed by atoms with E-state index in [0.29, 0.717) is 0 Å². The van der Waals surface area contributed by atoms with E-state index in [1.54, 1.807) is 0 Å². The minimum Gasteiger partial charge on any atom is -0.310 e. The lowest BCUT2D eigenvalue weighted by molar-refractivity contribution is 0.793. The van der Waals surface area contributed by atoms with Gasteiger partial charge in [0.1, 0.15) is 0 Å². The average Bonchev–Trinajstić information content (AvgIpc) is 4.02. The normalized spacial score (nSPS) is 14.2. The molecule has 1 heterocycles. The number of hydrogen-bond acceptors (Lipinski definition) is 2. The van der Waals surface area contributed by atoms with Crippen LogP contribution in [0.5, 0.6) is 0 Å². The van der Waals surface area contributed by atoms with Gasteiger partial charge in [0, 0.05) is 50.5 Å². The fraction of sp³-hybridized carbons (Fsp3) is 0.0154. The Morgan fingerprint density at radius 3 is 1.51 bits per heavy atom. The van der Waals surface area contributed by atoms with Crippen LogP contribution in [-0.4, -0.2) is 4.57 Å². The van der Waals surface area contributed by atoms with Gasteiger partial charge in [-0.25, -0.2) is 0 Å². The van der Waals surface area contributed by atoms with Gasteiger partial charge in [-0.1, -0.05) is 176 Å². The molecule has 0 saturated carbocycles. The largest absolute Gasteiger partial charge is 0.310 e. The van der Waals surface area contributed by atoms with Crippen LogP contribution in [0.2, 0.25) is 0 Å². The van der Waals surface area contributed by atoms with Crippen LogP contribution in [0.25, 0.3) is 60.5 Å². The zero-order valence-corrected chi connectivity index (χ0v) is 37.2. The number of rotatable bonds is 7. The van der Waals surface area contributed by atoms with E-state index in [9.17, 15) is 0 Å². The second kappa shape index (κ2) is 15.1. The Morgan fingerprint density at radius 1 is 0.309 bits per heavy atom. The SMILES string of the molecule is c1ccc(N(c2ccc3c(c2)-c2ccccc2C32c3ccccc3-c3c2c(N(c2ccccc2)c2ccccc2)cc2ccccc32)c2ccc3c4ccccc4n(-c4ccccc4)c3c2)cc1. The molecular weight excluding hydrogens is 823 g/mol. The number of aromatic nitrogens is 1. The van der Waals surface area contributed by atoms with Crippen molar-refractivity contribution in [1.29, 1.82) is 0 Å². The van der Waals surface area contributed by atoms with E-state index in [1.807, 2.05) is 0 Å². The maximum atomic E-state index is 2.48. The van der Waals surface area contributed by atoms with Crippen LogP contribution in [0.4, 0.5) is 34.1 Å². The third kappa shape index (κ3) is 5.47. The molecule has 0 bridgehead atoms. The van der Waals surface area contributed by atoms with Gasteiger partial charge in [-0.2, -0.15) is 0 Å². The Labute approximate surface area is 395 Å². The van der Waals surface area contributed by atoms with Gasteiger partial charge >= 0.3 is 0 Å². The van der Waals surface area contributed by atoms with Crippen molar-refractivity contribution >= 4 is 66.7 Å². The van der Waals surface area contributed by atoms with Gasteiger partial charge in [-0.15, -0.1) is 0 Å². The van der Waals surface area contributed by atoms with Crippen LogP contribution in [0.3, 0.4) is 0 Å². The number of hydrogen-bond donors (Lipinski definition) is 0. The van der Waals surface area contributed by atoms with E-state index < -0.39 is 5.41 Å². The highest BCUT2D eigenvalue weighted by Gasteiger charge is 2.54. The Balaban J connectivity index is 1.05. The Hall–Kier alpha value is -8.92. The molecule has 0 N–H and O–H groups in total. The monoisotopic (exact) mass is 865 g/mol. The number of anilines is 6. The molecule has 0 fully saturated rings. The molecule has 1 aromatic heterocycles. The van der Waals surface area contributed by atoms with Crippen molar-refractivity contribution in [2.75, 3.05) is 9.80 Å². The molecule has 1 atom stereocenters. The summed E-state index contributed by atoms with van der Waals surface area (Å²) in [5.41, 5.74) is 19.9. The number of fused-ring (bicyclic) bond motifs is 15.